The Balaban J connectivity index is 2.00. The number of carbonyl (C=O) groups is 1. The molecule has 0 bridgehead atoms. The van der Waals surface area contributed by atoms with Gasteiger partial charge >= 0.3 is 18.0 Å². The van der Waals surface area contributed by atoms with Gasteiger partial charge in [0.25, 0.3) is 0 Å². The molecule has 2 fully saturated rings. The molecule has 7 heteroatoms. The lowest BCUT2D eigenvalue weighted by atomic mass is 10.2. The largest absolute Gasteiger partial charge is 0.465 e. The maximum atomic E-state index is 13.5. The lowest BCUT2D eigenvalue weighted by Crippen LogP contribution is -2.62. The number of esters is 1. The van der Waals surface area contributed by atoms with Crippen LogP contribution in [-0.2, 0) is 9.53 Å². The molecule has 3 rings (SSSR count). The van der Waals surface area contributed by atoms with E-state index in [4.69, 9.17) is 4.74 Å². The van der Waals surface area contributed by atoms with Gasteiger partial charge in [-0.05, 0) is 25.0 Å². The molecule has 1 aromatic rings. The molecule has 0 aliphatic carbocycles. The van der Waals surface area contributed by atoms with Gasteiger partial charge in [-0.2, -0.15) is 13.2 Å². The van der Waals surface area contributed by atoms with Crippen LogP contribution >= 0.6 is 0 Å². The molecule has 0 amide bonds. The van der Waals surface area contributed by atoms with Gasteiger partial charge in [-0.25, -0.2) is 4.90 Å². The summed E-state index contributed by atoms with van der Waals surface area (Å²) >= 11 is 0. The van der Waals surface area contributed by atoms with Crippen molar-refractivity contribution in [2.45, 2.75) is 30.9 Å². The Kier molecular flexibility index (Phi) is 2.89. The molecule has 0 spiro atoms. The van der Waals surface area contributed by atoms with Crippen molar-refractivity contribution in [3.63, 3.8) is 0 Å². The molecule has 0 radical (unpaired) electrons. The molecular weight excluding hydrogens is 273 g/mol. The Morgan fingerprint density at radius 1 is 1.30 bits per heavy atom. The number of fused-ring (bicyclic) bond motifs is 1. The Bertz CT molecular complexity index is 520. The first-order chi connectivity index (χ1) is 9.44. The minimum Gasteiger partial charge on any atom is -0.414 e. The van der Waals surface area contributed by atoms with Crippen molar-refractivity contribution in [2.75, 3.05) is 11.9 Å². The highest BCUT2D eigenvalue weighted by Crippen LogP contribution is 2.45. The van der Waals surface area contributed by atoms with E-state index in [1.165, 1.54) is 12.1 Å². The summed E-state index contributed by atoms with van der Waals surface area (Å²) in [6, 6.07) is 7.13. The molecule has 0 aromatic heterocycles. The summed E-state index contributed by atoms with van der Waals surface area (Å²) in [4.78, 5) is 12.8. The third kappa shape index (κ3) is 1.84. The van der Waals surface area contributed by atoms with E-state index in [0.717, 1.165) is 4.90 Å². The van der Waals surface area contributed by atoms with Gasteiger partial charge < -0.3 is 10.1 Å². The van der Waals surface area contributed by atoms with Gasteiger partial charge in [0.15, 0.2) is 0 Å². The number of nitrogens with zero attached hydrogens (tertiary/aromatic N) is 1. The highest BCUT2D eigenvalue weighted by molar-refractivity contribution is 5.79. The third-order valence-corrected chi connectivity index (χ3v) is 3.65. The second-order valence-corrected chi connectivity index (χ2v) is 4.91. The van der Waals surface area contributed by atoms with Gasteiger partial charge in [0.05, 0.1) is 0 Å². The van der Waals surface area contributed by atoms with Gasteiger partial charge in [0.2, 0.25) is 0 Å². The quantitative estimate of drug-likeness (QED) is 0.847. The number of carbonyl (C=O) groups excluding carboxylic acids is 1. The predicted molar refractivity (Wildman–Crippen MR) is 64.7 cm³/mol. The van der Waals surface area contributed by atoms with Gasteiger partial charge in [-0.1, -0.05) is 18.2 Å². The lowest BCUT2D eigenvalue weighted by molar-refractivity contribution is -0.286. The van der Waals surface area contributed by atoms with Crippen LogP contribution in [0.25, 0.3) is 0 Å². The maximum absolute atomic E-state index is 13.5. The summed E-state index contributed by atoms with van der Waals surface area (Å²) in [6.45, 7) is 0.176. The fraction of sp³-hybridized carbons (Fsp3) is 0.462. The summed E-state index contributed by atoms with van der Waals surface area (Å²) in [6.07, 6.45) is -3.78. The molecule has 1 aromatic carbocycles. The fourth-order valence-electron chi connectivity index (χ4n) is 2.77. The smallest absolute Gasteiger partial charge is 0.414 e. The van der Waals surface area contributed by atoms with Crippen LogP contribution in [0.3, 0.4) is 0 Å². The maximum Gasteiger partial charge on any atom is 0.465 e. The van der Waals surface area contributed by atoms with Crippen molar-refractivity contribution in [1.29, 1.82) is 0 Å². The van der Waals surface area contributed by atoms with Gasteiger partial charge in [0, 0.05) is 12.2 Å². The number of hydrogen-bond donors (Lipinski definition) is 1. The zero-order valence-corrected chi connectivity index (χ0v) is 10.5. The lowest BCUT2D eigenvalue weighted by Gasteiger charge is -2.37. The number of nitrogens with one attached hydrogen (secondary N) is 1. The molecular formula is C13H13F3N2O2. The van der Waals surface area contributed by atoms with Crippen molar-refractivity contribution in [1.82, 2.24) is 4.90 Å². The van der Waals surface area contributed by atoms with E-state index in [1.807, 2.05) is 0 Å². The zero-order chi connectivity index (χ0) is 14.4. The number of rotatable bonds is 2. The van der Waals surface area contributed by atoms with E-state index in [2.05, 4.69) is 5.32 Å². The van der Waals surface area contributed by atoms with E-state index in [9.17, 15) is 18.0 Å². The second-order valence-electron chi connectivity index (χ2n) is 4.91. The molecule has 0 saturated carbocycles. The number of alkyl halides is 3. The van der Waals surface area contributed by atoms with Crippen molar-refractivity contribution >= 4 is 11.7 Å². The number of benzene rings is 1. The van der Waals surface area contributed by atoms with Gasteiger partial charge in [-0.3, -0.25) is 4.79 Å². The molecule has 20 heavy (non-hydrogen) atoms. The summed E-state index contributed by atoms with van der Waals surface area (Å²) in [7, 11) is 0. The average Bonchev–Trinajstić information content (AvgIpc) is 2.95. The van der Waals surface area contributed by atoms with Crippen LogP contribution in [0.4, 0.5) is 18.9 Å². The van der Waals surface area contributed by atoms with E-state index < -0.39 is 24.0 Å². The predicted octanol–water partition coefficient (Wildman–Crippen LogP) is 2.34. The minimum atomic E-state index is -4.72. The first-order valence-corrected chi connectivity index (χ1v) is 6.33. The van der Waals surface area contributed by atoms with Crippen LogP contribution in [0.1, 0.15) is 12.8 Å². The fourth-order valence-corrected chi connectivity index (χ4v) is 2.77. The number of cyclic esters (lactones) is 1. The Morgan fingerprint density at radius 2 is 2.00 bits per heavy atom. The monoisotopic (exact) mass is 286 g/mol. The molecule has 2 atom stereocenters. The van der Waals surface area contributed by atoms with Crippen LogP contribution in [0.15, 0.2) is 30.3 Å². The normalized spacial score (nSPS) is 30.1. The second kappa shape index (κ2) is 4.37. The van der Waals surface area contributed by atoms with E-state index in [0.29, 0.717) is 12.8 Å². The van der Waals surface area contributed by atoms with Crippen molar-refractivity contribution in [2.24, 2.45) is 0 Å². The standard InChI is InChI=1S/C13H13F3N2O2/c14-12(15,16)13(17-9-5-2-1-3-6-9)18-8-4-7-10(18)11(19)20-13/h1-3,5-6,10,17H,4,7-8H2/t10-,13?/m1/s1. The van der Waals surface area contributed by atoms with E-state index >= 15 is 0 Å². The average molecular weight is 286 g/mol. The Hall–Kier alpha value is -1.76. The van der Waals surface area contributed by atoms with Gasteiger partial charge in [-0.15, -0.1) is 0 Å². The van der Waals surface area contributed by atoms with Crippen molar-refractivity contribution < 1.29 is 22.7 Å². The molecule has 2 aliphatic heterocycles. The number of para-hydroxylation sites is 1. The number of ether oxygens (including phenoxy) is 1. The summed E-state index contributed by atoms with van der Waals surface area (Å²) in [5.41, 5.74) is 0.255. The molecule has 1 unspecified atom stereocenters. The first-order valence-electron chi connectivity index (χ1n) is 6.33. The highest BCUT2D eigenvalue weighted by atomic mass is 19.4. The first kappa shape index (κ1) is 13.2. The third-order valence-electron chi connectivity index (χ3n) is 3.65. The number of halogens is 3. The Labute approximate surface area is 113 Å². The van der Waals surface area contributed by atoms with Crippen LogP contribution in [0, 0.1) is 0 Å². The molecule has 1 N–H and O–H groups in total. The Morgan fingerprint density at radius 3 is 2.65 bits per heavy atom. The molecule has 2 aliphatic rings. The topological polar surface area (TPSA) is 41.6 Å². The number of anilines is 1. The number of hydrogen-bond acceptors (Lipinski definition) is 4. The summed E-state index contributed by atoms with van der Waals surface area (Å²) in [5, 5.41) is 2.35. The van der Waals surface area contributed by atoms with E-state index in [-0.39, 0.29) is 12.2 Å². The molecule has 2 heterocycles. The minimum absolute atomic E-state index is 0.176. The van der Waals surface area contributed by atoms with Crippen LogP contribution in [0.5, 0.6) is 0 Å². The molecule has 4 nitrogen and oxygen atoms in total. The van der Waals surface area contributed by atoms with Crippen molar-refractivity contribution in [3.05, 3.63) is 30.3 Å². The van der Waals surface area contributed by atoms with Crippen LogP contribution < -0.4 is 5.32 Å². The highest BCUT2D eigenvalue weighted by Gasteiger charge is 2.70. The molecule has 2 saturated heterocycles. The van der Waals surface area contributed by atoms with Gasteiger partial charge in [0.1, 0.15) is 6.04 Å². The molecule has 108 valence electrons. The zero-order valence-electron chi connectivity index (χ0n) is 10.5. The van der Waals surface area contributed by atoms with Crippen LogP contribution in [-0.4, -0.2) is 35.5 Å². The summed E-state index contributed by atoms with van der Waals surface area (Å²) < 4.78 is 45.3. The van der Waals surface area contributed by atoms with Crippen LogP contribution in [0.2, 0.25) is 0 Å². The summed E-state index contributed by atoms with van der Waals surface area (Å²) in [5.74, 6) is -3.57. The van der Waals surface area contributed by atoms with Crippen molar-refractivity contribution in [3.8, 4) is 0 Å². The SMILES string of the molecule is O=C1OC(Nc2ccccc2)(C(F)(F)F)N2CCC[C@H]12. The van der Waals surface area contributed by atoms with E-state index in [1.54, 1.807) is 18.2 Å².